The van der Waals surface area contributed by atoms with Gasteiger partial charge in [0.05, 0.1) is 15.5 Å². The van der Waals surface area contributed by atoms with Crippen LogP contribution in [0.1, 0.15) is 15.9 Å². The fraction of sp³-hybridized carbons (Fsp3) is 0.0556. The molecule has 0 saturated heterocycles. The zero-order valence-electron chi connectivity index (χ0n) is 15.0. The number of amides is 1. The molecule has 0 spiro atoms. The Kier molecular flexibility index (Phi) is 6.88. The van der Waals surface area contributed by atoms with E-state index in [1.807, 2.05) is 0 Å². The molecule has 9 nitrogen and oxygen atoms in total. The third-order valence-corrected chi connectivity index (χ3v) is 4.80. The molecule has 1 amide bonds. The smallest absolute Gasteiger partial charge is 0.354 e. The fourth-order valence-corrected chi connectivity index (χ4v) is 3.15. The molecule has 0 aliphatic heterocycles. The van der Waals surface area contributed by atoms with Crippen molar-refractivity contribution < 1.29 is 9.72 Å². The predicted molar refractivity (Wildman–Crippen MR) is 115 cm³/mol. The van der Waals surface area contributed by atoms with E-state index in [1.165, 1.54) is 18.2 Å². The van der Waals surface area contributed by atoms with Gasteiger partial charge in [0.15, 0.2) is 0 Å². The van der Waals surface area contributed by atoms with E-state index in [9.17, 15) is 14.9 Å². The first-order valence-electron chi connectivity index (χ1n) is 8.35. The van der Waals surface area contributed by atoms with E-state index < -0.39 is 16.5 Å². The summed E-state index contributed by atoms with van der Waals surface area (Å²) in [5.41, 5.74) is 5.16. The summed E-state index contributed by atoms with van der Waals surface area (Å²) >= 11 is 17.9. The Hall–Kier alpha value is -3.14. The molecule has 0 saturated carbocycles. The van der Waals surface area contributed by atoms with Crippen LogP contribution in [0.4, 0.5) is 17.3 Å². The Morgan fingerprint density at radius 2 is 1.77 bits per heavy atom. The van der Waals surface area contributed by atoms with Crippen LogP contribution in [0.25, 0.3) is 0 Å². The number of rotatable bonds is 7. The van der Waals surface area contributed by atoms with Crippen LogP contribution in [0.5, 0.6) is 0 Å². The second-order valence-corrected chi connectivity index (χ2v) is 7.08. The number of nitrogens with one attached hydrogen (secondary N) is 3. The minimum absolute atomic E-state index is 0.0452. The molecule has 0 radical (unpaired) electrons. The molecule has 1 aromatic heterocycles. The van der Waals surface area contributed by atoms with Gasteiger partial charge in [0, 0.05) is 16.6 Å². The molecule has 12 heteroatoms. The molecule has 154 valence electrons. The van der Waals surface area contributed by atoms with Gasteiger partial charge in [-0.25, -0.2) is 9.97 Å². The molecule has 0 aliphatic carbocycles. The number of aromatic nitrogens is 2. The lowest BCUT2D eigenvalue weighted by molar-refractivity contribution is -0.383. The Balaban J connectivity index is 1.78. The van der Waals surface area contributed by atoms with Crippen LogP contribution in [0.2, 0.25) is 15.1 Å². The van der Waals surface area contributed by atoms with Crippen molar-refractivity contribution in [2.45, 2.75) is 6.54 Å². The summed E-state index contributed by atoms with van der Waals surface area (Å²) in [6.07, 6.45) is 1.12. The van der Waals surface area contributed by atoms with E-state index in [0.717, 1.165) is 11.9 Å². The number of hydrogen-bond acceptors (Lipinski definition) is 7. The maximum absolute atomic E-state index is 12.3. The molecule has 3 aromatic rings. The minimum atomic E-state index is -0.668. The van der Waals surface area contributed by atoms with E-state index in [-0.39, 0.29) is 28.8 Å². The number of hydrazine groups is 1. The predicted octanol–water partition coefficient (Wildman–Crippen LogP) is 4.71. The average molecular weight is 468 g/mol. The maximum Gasteiger partial charge on any atom is 0.354 e. The lowest BCUT2D eigenvalue weighted by Gasteiger charge is -2.12. The van der Waals surface area contributed by atoms with Crippen molar-refractivity contribution in [2.75, 3.05) is 10.7 Å². The highest BCUT2D eigenvalue weighted by Gasteiger charge is 2.24. The number of carbonyl (C=O) groups excluding carboxylic acids is 1. The first kappa shape index (κ1) is 21.6. The molecule has 0 atom stereocenters. The summed E-state index contributed by atoms with van der Waals surface area (Å²) in [4.78, 5) is 31.0. The minimum Gasteiger partial charge on any atom is -0.360 e. The first-order chi connectivity index (χ1) is 14.4. The topological polar surface area (TPSA) is 122 Å². The van der Waals surface area contributed by atoms with Gasteiger partial charge in [0.1, 0.15) is 6.33 Å². The molecule has 0 aliphatic rings. The summed E-state index contributed by atoms with van der Waals surface area (Å²) in [6, 6.07) is 11.4. The van der Waals surface area contributed by atoms with Crippen LogP contribution >= 0.6 is 34.8 Å². The Bertz CT molecular complexity index is 1110. The molecule has 0 fully saturated rings. The lowest BCUT2D eigenvalue weighted by Crippen LogP contribution is -2.30. The van der Waals surface area contributed by atoms with Gasteiger partial charge in [-0.3, -0.25) is 25.8 Å². The molecular formula is C18H13Cl3N6O3. The van der Waals surface area contributed by atoms with Crippen LogP contribution < -0.4 is 16.2 Å². The SMILES string of the molecule is O=C(NNc1ncnc(NCc2ccccc2Cl)c1[N+](=O)[O-])c1ccc(Cl)cc1Cl. The number of anilines is 2. The van der Waals surface area contributed by atoms with Gasteiger partial charge in [-0.2, -0.15) is 0 Å². The summed E-state index contributed by atoms with van der Waals surface area (Å²) in [5.74, 6) is -0.888. The van der Waals surface area contributed by atoms with Gasteiger partial charge in [-0.1, -0.05) is 53.0 Å². The summed E-state index contributed by atoms with van der Waals surface area (Å²) in [7, 11) is 0. The van der Waals surface area contributed by atoms with Gasteiger partial charge in [0.2, 0.25) is 11.6 Å². The van der Waals surface area contributed by atoms with Gasteiger partial charge in [-0.15, -0.1) is 0 Å². The van der Waals surface area contributed by atoms with Crippen molar-refractivity contribution in [3.05, 3.63) is 85.1 Å². The van der Waals surface area contributed by atoms with Gasteiger partial charge in [-0.05, 0) is 29.8 Å². The van der Waals surface area contributed by atoms with Gasteiger partial charge >= 0.3 is 5.69 Å². The number of carbonyl (C=O) groups is 1. The third-order valence-electron chi connectivity index (χ3n) is 3.88. The number of nitro groups is 1. The normalized spacial score (nSPS) is 10.4. The van der Waals surface area contributed by atoms with E-state index in [4.69, 9.17) is 34.8 Å². The summed E-state index contributed by atoms with van der Waals surface area (Å²) in [6.45, 7) is 0.198. The quantitative estimate of drug-likeness (QED) is 0.339. The van der Waals surface area contributed by atoms with E-state index in [0.29, 0.717) is 10.0 Å². The van der Waals surface area contributed by atoms with Gasteiger partial charge in [0.25, 0.3) is 5.91 Å². The van der Waals surface area contributed by atoms with Crippen LogP contribution in [0.15, 0.2) is 48.8 Å². The fourth-order valence-electron chi connectivity index (χ4n) is 2.45. The molecule has 3 rings (SSSR count). The number of halogens is 3. The second-order valence-electron chi connectivity index (χ2n) is 5.82. The second kappa shape index (κ2) is 9.57. The summed E-state index contributed by atoms with van der Waals surface area (Å²) < 4.78 is 0. The highest BCUT2D eigenvalue weighted by molar-refractivity contribution is 6.36. The van der Waals surface area contributed by atoms with Crippen molar-refractivity contribution in [2.24, 2.45) is 0 Å². The average Bonchev–Trinajstić information content (AvgIpc) is 2.71. The zero-order valence-corrected chi connectivity index (χ0v) is 17.3. The van der Waals surface area contributed by atoms with E-state index >= 15 is 0 Å². The van der Waals surface area contributed by atoms with Crippen molar-refractivity contribution in [3.63, 3.8) is 0 Å². The molecule has 0 unspecified atom stereocenters. The first-order valence-corrected chi connectivity index (χ1v) is 9.48. The van der Waals surface area contributed by atoms with Crippen molar-refractivity contribution in [1.82, 2.24) is 15.4 Å². The zero-order chi connectivity index (χ0) is 21.7. The Morgan fingerprint density at radius 1 is 1.03 bits per heavy atom. The standard InChI is InChI=1S/C18H13Cl3N6O3/c19-11-5-6-12(14(21)7-11)18(28)26-25-17-15(27(29)30)16(23-9-24-17)22-8-10-3-1-2-4-13(10)20/h1-7,9H,8H2,(H,26,28)(H2,22,23,24,25). The molecule has 1 heterocycles. The Labute approximate surface area is 185 Å². The number of hydrogen-bond donors (Lipinski definition) is 3. The molecule has 3 N–H and O–H groups in total. The van der Waals surface area contributed by atoms with E-state index in [1.54, 1.807) is 24.3 Å². The lowest BCUT2D eigenvalue weighted by atomic mass is 10.2. The highest BCUT2D eigenvalue weighted by atomic mass is 35.5. The molecule has 2 aromatic carbocycles. The van der Waals surface area contributed by atoms with E-state index in [2.05, 4.69) is 26.1 Å². The maximum atomic E-state index is 12.3. The molecule has 30 heavy (non-hydrogen) atoms. The Morgan fingerprint density at radius 3 is 2.47 bits per heavy atom. The molecule has 0 bridgehead atoms. The largest absolute Gasteiger partial charge is 0.360 e. The molecular weight excluding hydrogens is 455 g/mol. The van der Waals surface area contributed by atoms with Crippen LogP contribution in [-0.4, -0.2) is 20.8 Å². The van der Waals surface area contributed by atoms with Crippen LogP contribution in [0.3, 0.4) is 0 Å². The number of benzene rings is 2. The monoisotopic (exact) mass is 466 g/mol. The van der Waals surface area contributed by atoms with Crippen molar-refractivity contribution in [3.8, 4) is 0 Å². The van der Waals surface area contributed by atoms with Crippen LogP contribution in [-0.2, 0) is 6.54 Å². The highest BCUT2D eigenvalue weighted by Crippen LogP contribution is 2.29. The van der Waals surface area contributed by atoms with Gasteiger partial charge < -0.3 is 5.32 Å². The van der Waals surface area contributed by atoms with Crippen molar-refractivity contribution >= 4 is 58.0 Å². The third kappa shape index (κ3) is 5.07. The van der Waals surface area contributed by atoms with Crippen molar-refractivity contribution in [1.29, 1.82) is 0 Å². The van der Waals surface area contributed by atoms with Crippen LogP contribution in [0, 0.1) is 10.1 Å². The number of nitrogens with zero attached hydrogens (tertiary/aromatic N) is 3. The summed E-state index contributed by atoms with van der Waals surface area (Å²) in [5, 5.41) is 15.5.